The predicted molar refractivity (Wildman–Crippen MR) is 110 cm³/mol. The minimum atomic E-state index is -2.65. The molecule has 7 nitrogen and oxygen atoms in total. The number of hydrogen-bond donors (Lipinski definition) is 0. The maximum absolute atomic E-state index is 10.5. The Morgan fingerprint density at radius 1 is 0.720 bits per heavy atom. The first-order valence-corrected chi connectivity index (χ1v) is 11.6. The van der Waals surface area contributed by atoms with Crippen LogP contribution in [0.25, 0.3) is 0 Å². The quantitative estimate of drug-likeness (QED) is 0.399. The molecule has 9 heteroatoms. The summed E-state index contributed by atoms with van der Waals surface area (Å²) in [7, 11) is 3.62. The second kappa shape index (κ2) is 29.2. The van der Waals surface area contributed by atoms with E-state index in [0.717, 1.165) is 0 Å². The van der Waals surface area contributed by atoms with Crippen molar-refractivity contribution in [2.45, 2.75) is 67.6 Å². The zero-order chi connectivity index (χ0) is 21.5. The van der Waals surface area contributed by atoms with Crippen molar-refractivity contribution < 1.29 is 31.9 Å². The molecule has 2 unspecified atom stereocenters. The lowest BCUT2D eigenvalue weighted by Gasteiger charge is -2.05. The summed E-state index contributed by atoms with van der Waals surface area (Å²) in [6.45, 7) is 17.6. The Labute approximate surface area is 158 Å². The van der Waals surface area contributed by atoms with Gasteiger partial charge in [-0.1, -0.05) is 41.5 Å². The van der Waals surface area contributed by atoms with E-state index < -0.39 is 16.2 Å². The van der Waals surface area contributed by atoms with Gasteiger partial charge in [-0.05, 0) is 13.8 Å². The van der Waals surface area contributed by atoms with Crippen LogP contribution in [0.1, 0.15) is 55.4 Å². The molecule has 1 fully saturated rings. The molecule has 0 bridgehead atoms. The molecule has 1 rings (SSSR count). The molecule has 2 atom stereocenters. The van der Waals surface area contributed by atoms with Crippen LogP contribution in [-0.4, -0.2) is 54.4 Å². The molecule has 0 aliphatic carbocycles. The third-order valence-electron chi connectivity index (χ3n) is 2.12. The van der Waals surface area contributed by atoms with Gasteiger partial charge in [0.15, 0.2) is 0 Å². The zero-order valence-corrected chi connectivity index (χ0v) is 20.7. The maximum Gasteiger partial charge on any atom is 0.331 e. The molecule has 0 amide bonds. The van der Waals surface area contributed by atoms with Crippen LogP contribution in [0.15, 0.2) is 0 Å². The lowest BCUT2D eigenvalue weighted by molar-refractivity contribution is 0.239. The van der Waals surface area contributed by atoms with Crippen molar-refractivity contribution in [1.29, 1.82) is 0 Å². The summed E-state index contributed by atoms with van der Waals surface area (Å²) in [6, 6.07) is 0. The van der Waals surface area contributed by atoms with Crippen LogP contribution in [0.2, 0.25) is 0 Å². The number of ether oxygens (including phenoxy) is 1. The SMILES string of the molecule is CC.CC.CC.CC1OC1C.COP(C)(=O)OC.COP(OC)OC. The van der Waals surface area contributed by atoms with Gasteiger partial charge in [0.05, 0.1) is 12.2 Å². The Bertz CT molecular complexity index is 233. The minimum absolute atomic E-state index is 0.551. The van der Waals surface area contributed by atoms with Gasteiger partial charge in [0.2, 0.25) is 0 Å². The van der Waals surface area contributed by atoms with Crippen molar-refractivity contribution >= 4 is 16.2 Å². The molecule has 0 N–H and O–H groups in total. The Hall–Kier alpha value is 0.420. The summed E-state index contributed by atoms with van der Waals surface area (Å²) in [6.07, 6.45) is 1.10. The predicted octanol–water partition coefficient (Wildman–Crippen LogP) is 6.13. The van der Waals surface area contributed by atoms with Gasteiger partial charge < -0.3 is 27.4 Å². The molecule has 25 heavy (non-hydrogen) atoms. The van der Waals surface area contributed by atoms with Crippen LogP contribution < -0.4 is 0 Å². The molecule has 1 aliphatic heterocycles. The first kappa shape index (κ1) is 36.4. The molecule has 0 aromatic heterocycles. The largest absolute Gasteiger partial charge is 0.370 e. The highest BCUT2D eigenvalue weighted by Gasteiger charge is 2.27. The molecule has 1 aliphatic rings. The smallest absolute Gasteiger partial charge is 0.331 e. The first-order valence-electron chi connectivity index (χ1n) is 8.54. The maximum atomic E-state index is 10.5. The van der Waals surface area contributed by atoms with E-state index >= 15 is 0 Å². The fourth-order valence-corrected chi connectivity index (χ4v) is 1.19. The Morgan fingerprint density at radius 3 is 0.920 bits per heavy atom. The van der Waals surface area contributed by atoms with Crippen molar-refractivity contribution in [3.8, 4) is 0 Å². The molecule has 1 saturated heterocycles. The van der Waals surface area contributed by atoms with Gasteiger partial charge in [0.25, 0.3) is 0 Å². The van der Waals surface area contributed by atoms with Crippen LogP contribution in [0.5, 0.6) is 0 Å². The number of rotatable bonds is 5. The molecular formula is C16H44O7P2. The van der Waals surface area contributed by atoms with Gasteiger partial charge >= 0.3 is 16.2 Å². The summed E-state index contributed by atoms with van der Waals surface area (Å²) in [5.74, 6) is 0. The normalized spacial score (nSPS) is 16.8. The van der Waals surface area contributed by atoms with E-state index in [9.17, 15) is 4.57 Å². The van der Waals surface area contributed by atoms with Crippen molar-refractivity contribution in [3.63, 3.8) is 0 Å². The summed E-state index contributed by atoms with van der Waals surface area (Å²) in [5, 5.41) is 0. The fourth-order valence-electron chi connectivity index (χ4n) is 0.591. The van der Waals surface area contributed by atoms with E-state index in [1.54, 1.807) is 21.3 Å². The molecule has 0 aromatic rings. The van der Waals surface area contributed by atoms with E-state index in [-0.39, 0.29) is 0 Å². The monoisotopic (exact) mass is 410 g/mol. The Morgan fingerprint density at radius 2 is 0.920 bits per heavy atom. The molecule has 0 radical (unpaired) electrons. The highest BCUT2D eigenvalue weighted by molar-refractivity contribution is 7.52. The van der Waals surface area contributed by atoms with Crippen LogP contribution in [-0.2, 0) is 31.9 Å². The second-order valence-corrected chi connectivity index (χ2v) is 7.27. The fraction of sp³-hybridized carbons (Fsp3) is 1.00. The Kier molecular flexibility index (Phi) is 42.5. The minimum Gasteiger partial charge on any atom is -0.370 e. The van der Waals surface area contributed by atoms with Gasteiger partial charge in [-0.15, -0.1) is 0 Å². The zero-order valence-electron chi connectivity index (χ0n) is 18.9. The van der Waals surface area contributed by atoms with E-state index in [4.69, 9.17) is 4.74 Å². The van der Waals surface area contributed by atoms with Gasteiger partial charge in [-0.3, -0.25) is 4.57 Å². The summed E-state index contributed by atoms with van der Waals surface area (Å²) in [4.78, 5) is 0. The molecule has 0 aromatic carbocycles. The molecule has 160 valence electrons. The lowest BCUT2D eigenvalue weighted by Crippen LogP contribution is -1.82. The van der Waals surface area contributed by atoms with Crippen LogP contribution >= 0.6 is 16.2 Å². The van der Waals surface area contributed by atoms with E-state index in [0.29, 0.717) is 12.2 Å². The van der Waals surface area contributed by atoms with Crippen molar-refractivity contribution in [1.82, 2.24) is 0 Å². The topological polar surface area (TPSA) is 75.8 Å². The van der Waals surface area contributed by atoms with Crippen molar-refractivity contribution in [2.75, 3.05) is 42.2 Å². The lowest BCUT2D eigenvalue weighted by atomic mass is 10.4. The third kappa shape index (κ3) is 36.2. The van der Waals surface area contributed by atoms with Crippen LogP contribution in [0, 0.1) is 0 Å². The molecule has 1 heterocycles. The first-order chi connectivity index (χ1) is 11.8. The van der Waals surface area contributed by atoms with Gasteiger partial charge in [0, 0.05) is 42.2 Å². The van der Waals surface area contributed by atoms with E-state index in [2.05, 4.69) is 36.5 Å². The van der Waals surface area contributed by atoms with Crippen molar-refractivity contribution in [3.05, 3.63) is 0 Å². The van der Waals surface area contributed by atoms with Gasteiger partial charge in [-0.2, -0.15) is 0 Å². The summed E-state index contributed by atoms with van der Waals surface area (Å²) in [5.41, 5.74) is 0. The third-order valence-corrected chi connectivity index (χ3v) is 4.35. The number of hydrogen-bond acceptors (Lipinski definition) is 7. The summed E-state index contributed by atoms with van der Waals surface area (Å²) >= 11 is 0. The molecule has 0 spiro atoms. The van der Waals surface area contributed by atoms with E-state index in [1.165, 1.54) is 20.9 Å². The van der Waals surface area contributed by atoms with Gasteiger partial charge in [-0.25, -0.2) is 0 Å². The highest BCUT2D eigenvalue weighted by Crippen LogP contribution is 2.40. The molecule has 0 saturated carbocycles. The number of epoxide rings is 1. The second-order valence-electron chi connectivity index (χ2n) is 3.45. The molecular weight excluding hydrogens is 366 g/mol. The highest BCUT2D eigenvalue weighted by atomic mass is 31.2. The standard InChI is InChI=1S/C4H8O.2C3H9O3P.3C2H6/c1-3-4(2)5-3;1-5-7(3,4)6-2;1-4-7(5-2)6-3;3*1-2/h3-4H,1-2H3;2*1-3H3;3*1-2H3. The summed E-state index contributed by atoms with van der Waals surface area (Å²) < 4.78 is 38.3. The average Bonchev–Trinajstić information content (AvgIpc) is 3.34. The van der Waals surface area contributed by atoms with Crippen LogP contribution in [0.4, 0.5) is 0 Å². The Balaban J connectivity index is -0.0000000698. The average molecular weight is 410 g/mol. The van der Waals surface area contributed by atoms with Crippen LogP contribution in [0.3, 0.4) is 0 Å². The van der Waals surface area contributed by atoms with E-state index in [1.807, 2.05) is 41.5 Å². The van der Waals surface area contributed by atoms with Crippen molar-refractivity contribution in [2.24, 2.45) is 0 Å². The van der Waals surface area contributed by atoms with Gasteiger partial charge in [0.1, 0.15) is 0 Å².